The molecule has 128 valence electrons. The van der Waals surface area contributed by atoms with E-state index in [9.17, 15) is 4.79 Å². The summed E-state index contributed by atoms with van der Waals surface area (Å²) in [4.78, 5) is 16.8. The summed E-state index contributed by atoms with van der Waals surface area (Å²) in [7, 11) is 1.64. The van der Waals surface area contributed by atoms with E-state index in [0.29, 0.717) is 0 Å². The molecule has 1 amide bonds. The van der Waals surface area contributed by atoms with Crippen molar-refractivity contribution in [2.24, 2.45) is 0 Å². The first-order valence-corrected chi connectivity index (χ1v) is 8.97. The SMILES string of the molecule is COc1ccc(-c2nc(CC(=O)N[C@H](C)c3ccccc3)cs2)cc1. The van der Waals surface area contributed by atoms with Gasteiger partial charge in [-0.15, -0.1) is 11.3 Å². The van der Waals surface area contributed by atoms with Crippen molar-refractivity contribution in [3.63, 3.8) is 0 Å². The van der Waals surface area contributed by atoms with Crippen molar-refractivity contribution in [1.29, 1.82) is 0 Å². The summed E-state index contributed by atoms with van der Waals surface area (Å²) in [6.07, 6.45) is 0.282. The van der Waals surface area contributed by atoms with Gasteiger partial charge in [-0.05, 0) is 36.8 Å². The normalized spacial score (nSPS) is 11.8. The Morgan fingerprint density at radius 3 is 2.56 bits per heavy atom. The topological polar surface area (TPSA) is 51.2 Å². The molecule has 5 heteroatoms. The first-order valence-electron chi connectivity index (χ1n) is 8.09. The standard InChI is InChI=1S/C20H20N2O2S/c1-14(15-6-4-3-5-7-15)21-19(23)12-17-13-25-20(22-17)16-8-10-18(24-2)11-9-16/h3-11,13-14H,12H2,1-2H3,(H,21,23)/t14-/m1/s1. The number of nitrogens with one attached hydrogen (secondary N) is 1. The first-order chi connectivity index (χ1) is 12.2. The average molecular weight is 352 g/mol. The molecule has 0 unspecified atom stereocenters. The van der Waals surface area contributed by atoms with Gasteiger partial charge in [0.15, 0.2) is 0 Å². The largest absolute Gasteiger partial charge is 0.497 e. The van der Waals surface area contributed by atoms with Gasteiger partial charge < -0.3 is 10.1 Å². The van der Waals surface area contributed by atoms with Crippen molar-refractivity contribution >= 4 is 17.2 Å². The second kappa shape index (κ2) is 7.94. The number of nitrogens with zero attached hydrogens (tertiary/aromatic N) is 1. The molecule has 3 rings (SSSR count). The Bertz CT molecular complexity index is 828. The third-order valence-electron chi connectivity index (χ3n) is 3.91. The number of aromatic nitrogens is 1. The predicted octanol–water partition coefficient (Wildman–Crippen LogP) is 4.24. The number of hydrogen-bond acceptors (Lipinski definition) is 4. The average Bonchev–Trinajstić information content (AvgIpc) is 3.10. The van der Waals surface area contributed by atoms with Gasteiger partial charge >= 0.3 is 0 Å². The fraction of sp³-hybridized carbons (Fsp3) is 0.200. The first kappa shape index (κ1) is 17.2. The number of carbonyl (C=O) groups excluding carboxylic acids is 1. The molecule has 0 fully saturated rings. The monoisotopic (exact) mass is 352 g/mol. The van der Waals surface area contributed by atoms with Crippen LogP contribution in [0.1, 0.15) is 24.2 Å². The lowest BCUT2D eigenvalue weighted by Crippen LogP contribution is -2.28. The maximum Gasteiger partial charge on any atom is 0.226 e. The molecule has 25 heavy (non-hydrogen) atoms. The number of thiazole rings is 1. The minimum absolute atomic E-state index is 0.0200. The van der Waals surface area contributed by atoms with Crippen LogP contribution in [0.15, 0.2) is 60.0 Å². The van der Waals surface area contributed by atoms with Crippen molar-refractivity contribution in [2.45, 2.75) is 19.4 Å². The van der Waals surface area contributed by atoms with Gasteiger partial charge in [-0.3, -0.25) is 4.79 Å². The Hall–Kier alpha value is -2.66. The van der Waals surface area contributed by atoms with Crippen LogP contribution in [0.3, 0.4) is 0 Å². The Morgan fingerprint density at radius 2 is 1.88 bits per heavy atom. The number of ether oxygens (including phenoxy) is 1. The molecule has 0 saturated carbocycles. The third kappa shape index (κ3) is 4.45. The minimum atomic E-state index is -0.0251. The molecule has 2 aromatic carbocycles. The van der Waals surface area contributed by atoms with Crippen molar-refractivity contribution in [3.8, 4) is 16.3 Å². The van der Waals surface area contributed by atoms with Gasteiger partial charge in [0.25, 0.3) is 0 Å². The highest BCUT2D eigenvalue weighted by atomic mass is 32.1. The van der Waals surface area contributed by atoms with Crippen molar-refractivity contribution in [3.05, 3.63) is 71.2 Å². The lowest BCUT2D eigenvalue weighted by Gasteiger charge is -2.13. The molecule has 1 atom stereocenters. The molecule has 0 radical (unpaired) electrons. The summed E-state index contributed by atoms with van der Waals surface area (Å²) in [6, 6.07) is 17.7. The van der Waals surface area contributed by atoms with Crippen LogP contribution in [0.4, 0.5) is 0 Å². The summed E-state index contributed by atoms with van der Waals surface area (Å²) in [6.45, 7) is 1.98. The van der Waals surface area contributed by atoms with Gasteiger partial charge in [0.1, 0.15) is 10.8 Å². The zero-order valence-corrected chi connectivity index (χ0v) is 15.0. The van der Waals surface area contributed by atoms with Gasteiger partial charge in [0.05, 0.1) is 25.3 Å². The number of methoxy groups -OCH3 is 1. The second-order valence-corrected chi connectivity index (χ2v) is 6.61. The van der Waals surface area contributed by atoms with Crippen LogP contribution in [0.5, 0.6) is 5.75 Å². The van der Waals surface area contributed by atoms with E-state index >= 15 is 0 Å². The fourth-order valence-electron chi connectivity index (χ4n) is 2.54. The van der Waals surface area contributed by atoms with E-state index in [2.05, 4.69) is 10.3 Å². The van der Waals surface area contributed by atoms with Crippen LogP contribution in [0.2, 0.25) is 0 Å². The van der Waals surface area contributed by atoms with Crippen LogP contribution in [-0.4, -0.2) is 18.0 Å². The molecule has 0 saturated heterocycles. The number of amides is 1. The van der Waals surface area contributed by atoms with E-state index in [-0.39, 0.29) is 18.4 Å². The highest BCUT2D eigenvalue weighted by Gasteiger charge is 2.12. The van der Waals surface area contributed by atoms with E-state index in [1.54, 1.807) is 18.4 Å². The van der Waals surface area contributed by atoms with E-state index in [1.165, 1.54) is 0 Å². The van der Waals surface area contributed by atoms with Crippen LogP contribution >= 0.6 is 11.3 Å². The van der Waals surface area contributed by atoms with E-state index < -0.39 is 0 Å². The van der Waals surface area contributed by atoms with Gasteiger partial charge in [-0.1, -0.05) is 30.3 Å². The predicted molar refractivity (Wildman–Crippen MR) is 101 cm³/mol. The third-order valence-corrected chi connectivity index (χ3v) is 4.85. The van der Waals surface area contributed by atoms with Gasteiger partial charge in [0, 0.05) is 10.9 Å². The molecule has 0 bridgehead atoms. The molecule has 1 N–H and O–H groups in total. The van der Waals surface area contributed by atoms with Crippen LogP contribution < -0.4 is 10.1 Å². The Morgan fingerprint density at radius 1 is 1.16 bits per heavy atom. The van der Waals surface area contributed by atoms with E-state index in [1.807, 2.05) is 66.9 Å². The van der Waals surface area contributed by atoms with Crippen molar-refractivity contribution < 1.29 is 9.53 Å². The van der Waals surface area contributed by atoms with Crippen molar-refractivity contribution in [1.82, 2.24) is 10.3 Å². The molecule has 1 heterocycles. The second-order valence-electron chi connectivity index (χ2n) is 5.75. The zero-order valence-electron chi connectivity index (χ0n) is 14.2. The van der Waals surface area contributed by atoms with Crippen LogP contribution in [0, 0.1) is 0 Å². The summed E-state index contributed by atoms with van der Waals surface area (Å²) in [5.74, 6) is 0.790. The smallest absolute Gasteiger partial charge is 0.226 e. The maximum atomic E-state index is 12.3. The maximum absolute atomic E-state index is 12.3. The van der Waals surface area contributed by atoms with E-state index in [0.717, 1.165) is 27.6 Å². The molecular formula is C20H20N2O2S. The number of hydrogen-bond donors (Lipinski definition) is 1. The molecular weight excluding hydrogens is 332 g/mol. The lowest BCUT2D eigenvalue weighted by molar-refractivity contribution is -0.121. The molecule has 0 aliphatic heterocycles. The minimum Gasteiger partial charge on any atom is -0.497 e. The highest BCUT2D eigenvalue weighted by molar-refractivity contribution is 7.13. The summed E-state index contributed by atoms with van der Waals surface area (Å²) >= 11 is 1.54. The van der Waals surface area contributed by atoms with Crippen LogP contribution in [-0.2, 0) is 11.2 Å². The molecule has 0 aliphatic rings. The van der Waals surface area contributed by atoms with Gasteiger partial charge in [0.2, 0.25) is 5.91 Å². The van der Waals surface area contributed by atoms with Gasteiger partial charge in [-0.2, -0.15) is 0 Å². The van der Waals surface area contributed by atoms with E-state index in [4.69, 9.17) is 4.74 Å². The summed E-state index contributed by atoms with van der Waals surface area (Å²) in [5, 5.41) is 5.86. The Balaban J connectivity index is 1.61. The zero-order chi connectivity index (χ0) is 17.6. The van der Waals surface area contributed by atoms with Crippen LogP contribution in [0.25, 0.3) is 10.6 Å². The molecule has 4 nitrogen and oxygen atoms in total. The number of benzene rings is 2. The summed E-state index contributed by atoms with van der Waals surface area (Å²) < 4.78 is 5.17. The molecule has 0 aliphatic carbocycles. The molecule has 3 aromatic rings. The summed E-state index contributed by atoms with van der Waals surface area (Å²) in [5.41, 5.74) is 2.90. The quantitative estimate of drug-likeness (QED) is 0.722. The number of carbonyl (C=O) groups is 1. The highest BCUT2D eigenvalue weighted by Crippen LogP contribution is 2.26. The molecule has 1 aromatic heterocycles. The van der Waals surface area contributed by atoms with Crippen molar-refractivity contribution in [2.75, 3.05) is 7.11 Å². The Kier molecular flexibility index (Phi) is 5.46. The lowest BCUT2D eigenvalue weighted by atomic mass is 10.1. The number of rotatable bonds is 6. The van der Waals surface area contributed by atoms with Gasteiger partial charge in [-0.25, -0.2) is 4.98 Å². The molecule has 0 spiro atoms. The Labute approximate surface area is 151 Å². The fourth-order valence-corrected chi connectivity index (χ4v) is 3.36.